The molecule has 1 amide bonds. The Morgan fingerprint density at radius 3 is 2.70 bits per heavy atom. The molecule has 0 saturated heterocycles. The number of nitrogens with one attached hydrogen (secondary N) is 1. The highest BCUT2D eigenvalue weighted by Gasteiger charge is 2.10. The molecule has 0 aliphatic carbocycles. The molecular formula is C15H17NO2S2. The van der Waals surface area contributed by atoms with Crippen molar-refractivity contribution in [3.63, 3.8) is 0 Å². The van der Waals surface area contributed by atoms with Gasteiger partial charge in [0.2, 0.25) is 5.91 Å². The highest BCUT2D eigenvalue weighted by Crippen LogP contribution is 2.18. The fraction of sp³-hybridized carbons (Fsp3) is 0.267. The SMILES string of the molecule is CSc1ccc(C(O)CNC(=O)Cc2cccs2)cc1. The van der Waals surface area contributed by atoms with Gasteiger partial charge in [0.1, 0.15) is 0 Å². The van der Waals surface area contributed by atoms with Gasteiger partial charge in [0.15, 0.2) is 0 Å². The fourth-order valence-corrected chi connectivity index (χ4v) is 2.90. The van der Waals surface area contributed by atoms with Gasteiger partial charge in [0.05, 0.1) is 12.5 Å². The standard InChI is InChI=1S/C15H17NO2S2/c1-19-12-6-4-11(5-7-12)14(17)10-16-15(18)9-13-3-2-8-20-13/h2-8,14,17H,9-10H2,1H3,(H,16,18). The molecule has 2 aromatic rings. The molecule has 3 nitrogen and oxygen atoms in total. The van der Waals surface area contributed by atoms with Gasteiger partial charge in [-0.25, -0.2) is 0 Å². The van der Waals surface area contributed by atoms with Crippen molar-refractivity contribution in [2.75, 3.05) is 12.8 Å². The Hall–Kier alpha value is -1.30. The van der Waals surface area contributed by atoms with E-state index in [9.17, 15) is 9.90 Å². The third-order valence-electron chi connectivity index (χ3n) is 2.91. The third kappa shape index (κ3) is 4.37. The van der Waals surface area contributed by atoms with Crippen molar-refractivity contribution in [1.29, 1.82) is 0 Å². The number of carbonyl (C=O) groups excluding carboxylic acids is 1. The minimum Gasteiger partial charge on any atom is -0.387 e. The molecule has 2 rings (SSSR count). The van der Waals surface area contributed by atoms with Gasteiger partial charge in [0.25, 0.3) is 0 Å². The summed E-state index contributed by atoms with van der Waals surface area (Å²) in [7, 11) is 0. The Labute approximate surface area is 127 Å². The minimum atomic E-state index is -0.668. The first kappa shape index (κ1) is 15.1. The first-order valence-electron chi connectivity index (χ1n) is 6.30. The van der Waals surface area contributed by atoms with Crippen molar-refractivity contribution in [2.24, 2.45) is 0 Å². The maximum Gasteiger partial charge on any atom is 0.225 e. The summed E-state index contributed by atoms with van der Waals surface area (Å²) >= 11 is 3.22. The molecule has 1 aromatic carbocycles. The predicted octanol–water partition coefficient (Wildman–Crippen LogP) is 2.86. The van der Waals surface area contributed by atoms with Crippen LogP contribution >= 0.6 is 23.1 Å². The molecule has 0 aliphatic heterocycles. The maximum absolute atomic E-state index is 11.7. The van der Waals surface area contributed by atoms with Crippen molar-refractivity contribution in [2.45, 2.75) is 17.4 Å². The summed E-state index contributed by atoms with van der Waals surface area (Å²) in [6.45, 7) is 0.239. The summed E-state index contributed by atoms with van der Waals surface area (Å²) in [5, 5.41) is 14.7. The van der Waals surface area contributed by atoms with Crippen molar-refractivity contribution in [1.82, 2.24) is 5.32 Å². The van der Waals surface area contributed by atoms with Gasteiger partial charge in [-0.05, 0) is 35.4 Å². The van der Waals surface area contributed by atoms with Crippen LogP contribution in [0.1, 0.15) is 16.5 Å². The average molecular weight is 307 g/mol. The van der Waals surface area contributed by atoms with Gasteiger partial charge in [-0.1, -0.05) is 18.2 Å². The molecule has 1 heterocycles. The van der Waals surface area contributed by atoms with Crippen LogP contribution in [0.5, 0.6) is 0 Å². The Morgan fingerprint density at radius 2 is 2.10 bits per heavy atom. The molecule has 2 N–H and O–H groups in total. The molecule has 0 aliphatic rings. The van der Waals surface area contributed by atoms with Crippen molar-refractivity contribution < 1.29 is 9.90 Å². The summed E-state index contributed by atoms with van der Waals surface area (Å²) in [4.78, 5) is 13.9. The van der Waals surface area contributed by atoms with E-state index in [1.807, 2.05) is 48.0 Å². The maximum atomic E-state index is 11.7. The van der Waals surface area contributed by atoms with Gasteiger partial charge in [-0.2, -0.15) is 0 Å². The van der Waals surface area contributed by atoms with Crippen LogP contribution in [0.2, 0.25) is 0 Å². The second kappa shape index (κ2) is 7.47. The molecule has 5 heteroatoms. The van der Waals surface area contributed by atoms with E-state index >= 15 is 0 Å². The smallest absolute Gasteiger partial charge is 0.225 e. The van der Waals surface area contributed by atoms with Crippen LogP contribution in [0.3, 0.4) is 0 Å². The molecule has 106 valence electrons. The Bertz CT molecular complexity index is 538. The average Bonchev–Trinajstić information content (AvgIpc) is 2.97. The molecule has 1 unspecified atom stereocenters. The van der Waals surface area contributed by atoms with E-state index in [2.05, 4.69) is 5.32 Å². The monoisotopic (exact) mass is 307 g/mol. The Kier molecular flexibility index (Phi) is 5.64. The van der Waals surface area contributed by atoms with Crippen LogP contribution in [0.15, 0.2) is 46.7 Å². The van der Waals surface area contributed by atoms with E-state index in [1.54, 1.807) is 23.1 Å². The zero-order valence-corrected chi connectivity index (χ0v) is 12.8. The summed E-state index contributed by atoms with van der Waals surface area (Å²) in [6.07, 6.45) is 1.71. The fourth-order valence-electron chi connectivity index (χ4n) is 1.79. The number of hydrogen-bond donors (Lipinski definition) is 2. The second-order valence-corrected chi connectivity index (χ2v) is 6.26. The highest BCUT2D eigenvalue weighted by molar-refractivity contribution is 7.98. The number of thioether (sulfide) groups is 1. The largest absolute Gasteiger partial charge is 0.387 e. The normalized spacial score (nSPS) is 12.1. The quantitative estimate of drug-likeness (QED) is 0.807. The number of carbonyl (C=O) groups is 1. The lowest BCUT2D eigenvalue weighted by atomic mass is 10.1. The topological polar surface area (TPSA) is 49.3 Å². The first-order valence-corrected chi connectivity index (χ1v) is 8.40. The molecule has 0 fully saturated rings. The summed E-state index contributed by atoms with van der Waals surface area (Å²) in [6, 6.07) is 11.6. The first-order chi connectivity index (χ1) is 9.69. The van der Waals surface area contributed by atoms with Crippen molar-refractivity contribution in [3.8, 4) is 0 Å². The highest BCUT2D eigenvalue weighted by atomic mass is 32.2. The lowest BCUT2D eigenvalue weighted by molar-refractivity contribution is -0.120. The van der Waals surface area contributed by atoms with Crippen molar-refractivity contribution >= 4 is 29.0 Å². The summed E-state index contributed by atoms with van der Waals surface area (Å²) in [5.41, 5.74) is 0.819. The van der Waals surface area contributed by atoms with Gasteiger partial charge < -0.3 is 10.4 Å². The van der Waals surface area contributed by atoms with Crippen LogP contribution in [-0.4, -0.2) is 23.8 Å². The molecule has 0 radical (unpaired) electrons. The minimum absolute atomic E-state index is 0.0627. The predicted molar refractivity (Wildman–Crippen MR) is 84.2 cm³/mol. The van der Waals surface area contributed by atoms with E-state index in [0.29, 0.717) is 6.42 Å². The summed E-state index contributed by atoms with van der Waals surface area (Å²) < 4.78 is 0. The third-order valence-corrected chi connectivity index (χ3v) is 4.53. The van der Waals surface area contributed by atoms with E-state index in [0.717, 1.165) is 15.3 Å². The molecule has 1 atom stereocenters. The zero-order valence-electron chi connectivity index (χ0n) is 11.2. The molecule has 0 bridgehead atoms. The van der Waals surface area contributed by atoms with Crippen LogP contribution in [0, 0.1) is 0 Å². The number of benzene rings is 1. The van der Waals surface area contributed by atoms with E-state index in [-0.39, 0.29) is 12.5 Å². The number of hydrogen-bond acceptors (Lipinski definition) is 4. The van der Waals surface area contributed by atoms with Gasteiger partial charge in [-0.3, -0.25) is 4.79 Å². The molecular weight excluding hydrogens is 290 g/mol. The van der Waals surface area contributed by atoms with Crippen LogP contribution < -0.4 is 5.32 Å². The Morgan fingerprint density at radius 1 is 1.35 bits per heavy atom. The second-order valence-electron chi connectivity index (χ2n) is 4.35. The van der Waals surface area contributed by atoms with Crippen molar-refractivity contribution in [3.05, 3.63) is 52.2 Å². The van der Waals surface area contributed by atoms with Crippen LogP contribution in [-0.2, 0) is 11.2 Å². The molecule has 1 aromatic heterocycles. The summed E-state index contributed by atoms with van der Waals surface area (Å²) in [5.74, 6) is -0.0627. The lowest BCUT2D eigenvalue weighted by Gasteiger charge is -2.12. The number of aliphatic hydroxyl groups excluding tert-OH is 1. The number of rotatable bonds is 6. The van der Waals surface area contributed by atoms with Gasteiger partial charge in [0, 0.05) is 16.3 Å². The molecule has 20 heavy (non-hydrogen) atoms. The van der Waals surface area contributed by atoms with E-state index < -0.39 is 6.10 Å². The molecule has 0 saturated carbocycles. The van der Waals surface area contributed by atoms with Crippen LogP contribution in [0.25, 0.3) is 0 Å². The number of amides is 1. The number of aliphatic hydroxyl groups is 1. The van der Waals surface area contributed by atoms with Crippen LogP contribution in [0.4, 0.5) is 0 Å². The van der Waals surface area contributed by atoms with E-state index in [4.69, 9.17) is 0 Å². The lowest BCUT2D eigenvalue weighted by Crippen LogP contribution is -2.29. The van der Waals surface area contributed by atoms with Gasteiger partial charge >= 0.3 is 0 Å². The van der Waals surface area contributed by atoms with Gasteiger partial charge in [-0.15, -0.1) is 23.1 Å². The Balaban J connectivity index is 1.81. The molecule has 0 spiro atoms. The number of thiophene rings is 1. The van der Waals surface area contributed by atoms with E-state index in [1.165, 1.54) is 0 Å². The zero-order chi connectivity index (χ0) is 14.4.